The van der Waals surface area contributed by atoms with Gasteiger partial charge in [-0.1, -0.05) is 22.4 Å². The normalized spacial score (nSPS) is 16.1. The van der Waals surface area contributed by atoms with Crippen molar-refractivity contribution in [3.05, 3.63) is 52.7 Å². The summed E-state index contributed by atoms with van der Waals surface area (Å²) in [5.74, 6) is -0.705. The second kappa shape index (κ2) is 6.32. The number of halogens is 2. The Labute approximate surface area is 146 Å². The molecule has 26 heavy (non-hydrogen) atoms. The number of carbonyl (C=O) groups excluding carboxylic acids is 1. The van der Waals surface area contributed by atoms with Crippen LogP contribution in [-0.4, -0.2) is 21.2 Å². The van der Waals surface area contributed by atoms with Crippen molar-refractivity contribution in [1.29, 1.82) is 0 Å². The van der Waals surface area contributed by atoms with E-state index in [1.165, 1.54) is 6.20 Å². The van der Waals surface area contributed by atoms with E-state index in [0.29, 0.717) is 11.1 Å². The van der Waals surface area contributed by atoms with Crippen LogP contribution in [0.4, 0.5) is 8.78 Å². The van der Waals surface area contributed by atoms with Gasteiger partial charge < -0.3 is 14.4 Å². The van der Waals surface area contributed by atoms with Crippen LogP contribution >= 0.6 is 0 Å². The third-order valence-electron chi connectivity index (χ3n) is 4.37. The number of nitrogens with zero attached hydrogens (tertiary/aromatic N) is 3. The molecule has 0 saturated carbocycles. The molecule has 2 heterocycles. The average molecular weight is 360 g/mol. The van der Waals surface area contributed by atoms with Crippen LogP contribution in [0.2, 0.25) is 0 Å². The molecular formula is C17H14F2N4O3. The van der Waals surface area contributed by atoms with Crippen LogP contribution in [-0.2, 0) is 6.42 Å². The zero-order valence-electron chi connectivity index (χ0n) is 13.7. The molecule has 0 bridgehead atoms. The van der Waals surface area contributed by atoms with E-state index in [4.69, 9.17) is 4.52 Å². The van der Waals surface area contributed by atoms with Crippen LogP contribution in [0.25, 0.3) is 11.4 Å². The molecule has 9 heteroatoms. The fourth-order valence-corrected chi connectivity index (χ4v) is 3.08. The first-order valence-corrected chi connectivity index (χ1v) is 8.00. The van der Waals surface area contributed by atoms with Gasteiger partial charge >= 0.3 is 6.43 Å². The van der Waals surface area contributed by atoms with Gasteiger partial charge in [0.2, 0.25) is 11.6 Å². The first kappa shape index (κ1) is 16.4. The van der Waals surface area contributed by atoms with E-state index in [2.05, 4.69) is 25.1 Å². The number of fused-ring (bicyclic) bond motifs is 1. The lowest BCUT2D eigenvalue weighted by Crippen LogP contribution is -2.27. The van der Waals surface area contributed by atoms with Gasteiger partial charge in [0.15, 0.2) is 0 Å². The van der Waals surface area contributed by atoms with E-state index < -0.39 is 12.3 Å². The third-order valence-corrected chi connectivity index (χ3v) is 4.37. The fraction of sp³-hybridized carbons (Fsp3) is 0.294. The lowest BCUT2D eigenvalue weighted by atomic mass is 10.0. The Kier molecular flexibility index (Phi) is 3.98. The molecule has 1 atom stereocenters. The number of aryl methyl sites for hydroxylation is 2. The Balaban J connectivity index is 1.54. The molecule has 1 aliphatic carbocycles. The standard InChI is InChI=1S/C17H14F2N4O3/c1-8-7-20-25-13(8)16(24)21-12-5-3-9-6-10(2-4-11(9)12)15-22-17(14(18)19)26-23-15/h2,4,6-7,12,14H,3,5H2,1H3,(H,21,24)/t12-/m1/s1. The van der Waals surface area contributed by atoms with Crippen molar-refractivity contribution < 1.29 is 22.6 Å². The fourth-order valence-electron chi connectivity index (χ4n) is 3.08. The smallest absolute Gasteiger partial charge is 0.315 e. The predicted molar refractivity (Wildman–Crippen MR) is 84.5 cm³/mol. The molecule has 1 aromatic carbocycles. The summed E-state index contributed by atoms with van der Waals surface area (Å²) in [6.07, 6.45) is 0.155. The number of hydrogen-bond donors (Lipinski definition) is 1. The molecule has 1 N–H and O–H groups in total. The zero-order valence-corrected chi connectivity index (χ0v) is 13.7. The van der Waals surface area contributed by atoms with E-state index in [1.807, 2.05) is 12.1 Å². The van der Waals surface area contributed by atoms with Crippen molar-refractivity contribution in [3.8, 4) is 11.4 Å². The highest BCUT2D eigenvalue weighted by Gasteiger charge is 2.27. The van der Waals surface area contributed by atoms with Gasteiger partial charge in [-0.3, -0.25) is 4.79 Å². The number of benzene rings is 1. The van der Waals surface area contributed by atoms with Crippen molar-refractivity contribution >= 4 is 5.91 Å². The minimum absolute atomic E-state index is 0.118. The lowest BCUT2D eigenvalue weighted by molar-refractivity contribution is 0.0898. The molecule has 0 unspecified atom stereocenters. The third kappa shape index (κ3) is 2.85. The number of hydrogen-bond acceptors (Lipinski definition) is 6. The van der Waals surface area contributed by atoms with Gasteiger partial charge in [-0.25, -0.2) is 0 Å². The first-order valence-electron chi connectivity index (χ1n) is 8.00. The highest BCUT2D eigenvalue weighted by atomic mass is 19.3. The van der Waals surface area contributed by atoms with Gasteiger partial charge in [-0.15, -0.1) is 0 Å². The van der Waals surface area contributed by atoms with Gasteiger partial charge in [-0.2, -0.15) is 13.8 Å². The summed E-state index contributed by atoms with van der Waals surface area (Å²) < 4.78 is 34.7. The van der Waals surface area contributed by atoms with Crippen LogP contribution in [0.5, 0.6) is 0 Å². The summed E-state index contributed by atoms with van der Waals surface area (Å²) in [7, 11) is 0. The number of aromatic nitrogens is 3. The first-order chi connectivity index (χ1) is 12.5. The molecule has 0 fully saturated rings. The van der Waals surface area contributed by atoms with Gasteiger partial charge in [0.1, 0.15) is 0 Å². The maximum atomic E-state index is 12.6. The topological polar surface area (TPSA) is 94.1 Å². The van der Waals surface area contributed by atoms with Crippen molar-refractivity contribution in [2.75, 3.05) is 0 Å². The van der Waals surface area contributed by atoms with Crippen molar-refractivity contribution in [2.45, 2.75) is 32.2 Å². The predicted octanol–water partition coefficient (Wildman–Crippen LogP) is 3.39. The summed E-state index contributed by atoms with van der Waals surface area (Å²) in [4.78, 5) is 16.0. The number of nitrogens with one attached hydrogen (secondary N) is 1. The van der Waals surface area contributed by atoms with E-state index in [9.17, 15) is 13.6 Å². The van der Waals surface area contributed by atoms with Crippen molar-refractivity contribution in [1.82, 2.24) is 20.6 Å². The molecule has 0 radical (unpaired) electrons. The van der Waals surface area contributed by atoms with Crippen molar-refractivity contribution in [3.63, 3.8) is 0 Å². The Morgan fingerprint density at radius 1 is 1.35 bits per heavy atom. The Bertz CT molecular complexity index is 967. The summed E-state index contributed by atoms with van der Waals surface area (Å²) in [5, 5.41) is 10.1. The number of carbonyl (C=O) groups is 1. The van der Waals surface area contributed by atoms with Crippen LogP contribution in [0.15, 0.2) is 33.4 Å². The molecule has 0 aliphatic heterocycles. The average Bonchev–Trinajstić information content (AvgIpc) is 3.34. The second-order valence-electron chi connectivity index (χ2n) is 6.07. The lowest BCUT2D eigenvalue weighted by Gasteiger charge is -2.13. The molecule has 3 aromatic rings. The van der Waals surface area contributed by atoms with Gasteiger partial charge in [0.25, 0.3) is 11.8 Å². The minimum Gasteiger partial charge on any atom is -0.351 e. The summed E-state index contributed by atoms with van der Waals surface area (Å²) in [5.41, 5.74) is 3.24. The summed E-state index contributed by atoms with van der Waals surface area (Å²) in [6, 6.07) is 5.25. The van der Waals surface area contributed by atoms with Crippen LogP contribution < -0.4 is 5.32 Å². The minimum atomic E-state index is -2.80. The quantitative estimate of drug-likeness (QED) is 0.766. The van der Waals surface area contributed by atoms with Crippen LogP contribution in [0.3, 0.4) is 0 Å². The Morgan fingerprint density at radius 3 is 2.88 bits per heavy atom. The highest BCUT2D eigenvalue weighted by molar-refractivity contribution is 5.93. The maximum absolute atomic E-state index is 12.6. The van der Waals surface area contributed by atoms with E-state index in [-0.39, 0.29) is 23.5 Å². The highest BCUT2D eigenvalue weighted by Crippen LogP contribution is 2.34. The summed E-state index contributed by atoms with van der Waals surface area (Å²) >= 11 is 0. The monoisotopic (exact) mass is 360 g/mol. The molecule has 7 nitrogen and oxygen atoms in total. The molecule has 2 aromatic heterocycles. The largest absolute Gasteiger partial charge is 0.351 e. The Morgan fingerprint density at radius 2 is 2.19 bits per heavy atom. The SMILES string of the molecule is Cc1cnoc1C(=O)N[C@@H]1CCc2cc(-c3noc(C(F)F)n3)ccc21. The van der Waals surface area contributed by atoms with Gasteiger partial charge in [0, 0.05) is 11.1 Å². The number of alkyl halides is 2. The van der Waals surface area contributed by atoms with E-state index in [0.717, 1.165) is 24.0 Å². The van der Waals surface area contributed by atoms with Crippen LogP contribution in [0.1, 0.15) is 52.0 Å². The van der Waals surface area contributed by atoms with Crippen LogP contribution in [0, 0.1) is 6.92 Å². The van der Waals surface area contributed by atoms with E-state index in [1.54, 1.807) is 13.0 Å². The molecule has 0 spiro atoms. The molecule has 134 valence electrons. The van der Waals surface area contributed by atoms with Gasteiger partial charge in [0.05, 0.1) is 12.2 Å². The molecule has 1 aliphatic rings. The zero-order chi connectivity index (χ0) is 18.3. The van der Waals surface area contributed by atoms with Gasteiger partial charge in [-0.05, 0) is 37.0 Å². The molecule has 0 saturated heterocycles. The van der Waals surface area contributed by atoms with E-state index >= 15 is 0 Å². The number of amides is 1. The summed E-state index contributed by atoms with van der Waals surface area (Å²) in [6.45, 7) is 1.75. The molecule has 4 rings (SSSR count). The molecular weight excluding hydrogens is 346 g/mol. The Hall–Kier alpha value is -3.10. The number of rotatable bonds is 4. The molecule has 1 amide bonds. The van der Waals surface area contributed by atoms with Crippen molar-refractivity contribution in [2.24, 2.45) is 0 Å². The second-order valence-corrected chi connectivity index (χ2v) is 6.07. The maximum Gasteiger partial charge on any atom is 0.315 e.